The smallest absolute Gasteiger partial charge is 0.131 e. The first-order valence-electron chi connectivity index (χ1n) is 9.25. The van der Waals surface area contributed by atoms with Gasteiger partial charge in [-0.3, -0.25) is 0 Å². The Labute approximate surface area is 165 Å². The van der Waals surface area contributed by atoms with Crippen molar-refractivity contribution in [3.05, 3.63) is 126 Å². The monoisotopic (exact) mass is 363 g/mol. The first-order chi connectivity index (χ1) is 13.9. The van der Waals surface area contributed by atoms with Crippen molar-refractivity contribution in [1.82, 2.24) is 9.55 Å². The molecular weight excluding hydrogens is 342 g/mol. The predicted octanol–water partition coefficient (Wildman–Crippen LogP) is 4.03. The fourth-order valence-electron chi connectivity index (χ4n) is 3.70. The number of aromatic nitrogens is 2. The molecule has 3 aromatic carbocycles. The van der Waals surface area contributed by atoms with Crippen LogP contribution in [-0.4, -0.2) is 16.1 Å². The van der Waals surface area contributed by atoms with Crippen LogP contribution in [0.4, 0.5) is 0 Å². The van der Waals surface area contributed by atoms with Crippen LogP contribution in [0.15, 0.2) is 104 Å². The molecule has 3 heteroatoms. The molecule has 0 saturated heterocycles. The maximum Gasteiger partial charge on any atom is 0.131 e. The molecule has 0 bridgehead atoms. The van der Waals surface area contributed by atoms with Crippen molar-refractivity contribution < 1.29 is 0 Å². The second-order valence-electron chi connectivity index (χ2n) is 6.48. The van der Waals surface area contributed by atoms with E-state index in [1.807, 2.05) is 30.7 Å². The molecule has 0 amide bonds. The average Bonchev–Trinajstić information content (AvgIpc) is 3.24. The summed E-state index contributed by atoms with van der Waals surface area (Å²) < 4.78 is 2.15. The third kappa shape index (κ3) is 3.11. The maximum absolute atomic E-state index is 5.53. The number of imidazole rings is 1. The zero-order valence-electron chi connectivity index (χ0n) is 15.5. The van der Waals surface area contributed by atoms with Gasteiger partial charge in [-0.2, -0.15) is 0 Å². The van der Waals surface area contributed by atoms with E-state index < -0.39 is 5.54 Å². The average molecular weight is 363 g/mol. The molecule has 4 rings (SSSR count). The van der Waals surface area contributed by atoms with Crippen molar-refractivity contribution in [2.75, 3.05) is 6.54 Å². The van der Waals surface area contributed by atoms with Gasteiger partial charge in [0, 0.05) is 6.20 Å². The first-order valence-corrected chi connectivity index (χ1v) is 9.25. The molecule has 1 heterocycles. The zero-order chi connectivity index (χ0) is 19.2. The van der Waals surface area contributed by atoms with Gasteiger partial charge in [-0.05, 0) is 22.6 Å². The molecule has 2 N–H and O–H groups in total. The zero-order valence-corrected chi connectivity index (χ0v) is 15.5. The van der Waals surface area contributed by atoms with Crippen LogP contribution in [0.25, 0.3) is 0 Å². The van der Waals surface area contributed by atoms with E-state index >= 15 is 0 Å². The van der Waals surface area contributed by atoms with Gasteiger partial charge < -0.3 is 10.3 Å². The minimum atomic E-state index is -0.556. The quantitative estimate of drug-likeness (QED) is 0.439. The number of hydrogen-bond donors (Lipinski definition) is 1. The Hall–Kier alpha value is -3.61. The van der Waals surface area contributed by atoms with Crippen molar-refractivity contribution in [1.29, 1.82) is 0 Å². The van der Waals surface area contributed by atoms with Gasteiger partial charge in [0.15, 0.2) is 0 Å². The molecule has 0 aliphatic heterocycles. The molecule has 0 radical (unpaired) electrons. The molecule has 3 nitrogen and oxygen atoms in total. The van der Waals surface area contributed by atoms with Crippen LogP contribution in [0.5, 0.6) is 0 Å². The fraction of sp³-hybridized carbons (Fsp3) is 0.0800. The van der Waals surface area contributed by atoms with E-state index in [4.69, 9.17) is 5.73 Å². The fourth-order valence-corrected chi connectivity index (χ4v) is 3.70. The van der Waals surface area contributed by atoms with Crippen LogP contribution in [0, 0.1) is 11.8 Å². The van der Waals surface area contributed by atoms with Gasteiger partial charge in [-0.1, -0.05) is 96.9 Å². The standard InChI is InChI=1S/C25H21N3/c26-18-10-17-24-19-28(20-27-24)25(21-11-4-1-5-12-21,22-13-6-2-7-14-22)23-15-8-3-9-16-23/h1-9,11-16,19-20H,18,26H2. The number of hydrogen-bond acceptors (Lipinski definition) is 2. The topological polar surface area (TPSA) is 43.8 Å². The SMILES string of the molecule is NCC#Cc1cn(C(c2ccccc2)(c2ccccc2)c2ccccc2)cn1. The van der Waals surface area contributed by atoms with Crippen molar-refractivity contribution in [2.45, 2.75) is 5.54 Å². The summed E-state index contributed by atoms with van der Waals surface area (Å²) in [5.74, 6) is 5.93. The summed E-state index contributed by atoms with van der Waals surface area (Å²) in [6, 6.07) is 31.5. The third-order valence-corrected chi connectivity index (χ3v) is 4.86. The lowest BCUT2D eigenvalue weighted by atomic mass is 9.77. The van der Waals surface area contributed by atoms with Crippen LogP contribution in [0.1, 0.15) is 22.4 Å². The minimum absolute atomic E-state index is 0.314. The lowest BCUT2D eigenvalue weighted by Gasteiger charge is -2.37. The van der Waals surface area contributed by atoms with Crippen molar-refractivity contribution in [2.24, 2.45) is 5.73 Å². The highest BCUT2D eigenvalue weighted by Crippen LogP contribution is 2.40. The summed E-state index contributed by atoms with van der Waals surface area (Å²) in [6.45, 7) is 0.314. The highest BCUT2D eigenvalue weighted by atomic mass is 15.1. The van der Waals surface area contributed by atoms with Crippen molar-refractivity contribution >= 4 is 0 Å². The molecule has 0 atom stereocenters. The van der Waals surface area contributed by atoms with E-state index in [1.54, 1.807) is 0 Å². The highest BCUT2D eigenvalue weighted by molar-refractivity contribution is 5.51. The van der Waals surface area contributed by atoms with Crippen LogP contribution < -0.4 is 5.73 Å². The van der Waals surface area contributed by atoms with Crippen molar-refractivity contribution in [3.8, 4) is 11.8 Å². The predicted molar refractivity (Wildman–Crippen MR) is 113 cm³/mol. The van der Waals surface area contributed by atoms with E-state index in [1.165, 1.54) is 0 Å². The first kappa shape index (κ1) is 17.8. The highest BCUT2D eigenvalue weighted by Gasteiger charge is 2.38. The molecule has 0 saturated carbocycles. The number of benzene rings is 3. The second-order valence-corrected chi connectivity index (χ2v) is 6.48. The van der Waals surface area contributed by atoms with Gasteiger partial charge in [0.05, 0.1) is 12.9 Å². The van der Waals surface area contributed by atoms with Gasteiger partial charge in [-0.25, -0.2) is 4.98 Å². The van der Waals surface area contributed by atoms with Crippen LogP contribution in [0.3, 0.4) is 0 Å². The van der Waals surface area contributed by atoms with Gasteiger partial charge in [0.2, 0.25) is 0 Å². The van der Waals surface area contributed by atoms with Gasteiger partial charge in [-0.15, -0.1) is 0 Å². The molecule has 136 valence electrons. The number of rotatable bonds is 4. The maximum atomic E-state index is 5.53. The van der Waals surface area contributed by atoms with Gasteiger partial charge >= 0.3 is 0 Å². The Morgan fingerprint density at radius 3 is 1.64 bits per heavy atom. The molecule has 0 aliphatic carbocycles. The Morgan fingerprint density at radius 1 is 0.750 bits per heavy atom. The molecule has 0 spiro atoms. The van der Waals surface area contributed by atoms with E-state index in [-0.39, 0.29) is 0 Å². The van der Waals surface area contributed by atoms with Crippen molar-refractivity contribution in [3.63, 3.8) is 0 Å². The van der Waals surface area contributed by atoms with Crippen LogP contribution in [-0.2, 0) is 5.54 Å². The van der Waals surface area contributed by atoms with Crippen LogP contribution in [0.2, 0.25) is 0 Å². The van der Waals surface area contributed by atoms with E-state index in [0.29, 0.717) is 12.2 Å². The number of nitrogens with zero attached hydrogens (tertiary/aromatic N) is 2. The van der Waals surface area contributed by atoms with Gasteiger partial charge in [0.1, 0.15) is 11.2 Å². The lowest BCUT2D eigenvalue weighted by molar-refractivity contribution is 0.514. The Morgan fingerprint density at radius 2 is 1.21 bits per heavy atom. The summed E-state index contributed by atoms with van der Waals surface area (Å²) >= 11 is 0. The summed E-state index contributed by atoms with van der Waals surface area (Å²) in [5, 5.41) is 0. The third-order valence-electron chi connectivity index (χ3n) is 4.86. The molecule has 0 fully saturated rings. The molecule has 0 unspecified atom stereocenters. The molecule has 0 aliphatic rings. The molecule has 1 aromatic heterocycles. The van der Waals surface area contributed by atoms with E-state index in [0.717, 1.165) is 16.7 Å². The molecular formula is C25H21N3. The summed E-state index contributed by atoms with van der Waals surface area (Å²) in [4.78, 5) is 4.53. The normalized spacial score (nSPS) is 10.9. The lowest BCUT2D eigenvalue weighted by Crippen LogP contribution is -2.36. The Kier molecular flexibility index (Phi) is 5.05. The number of nitrogens with two attached hydrogens (primary N) is 1. The van der Waals surface area contributed by atoms with E-state index in [9.17, 15) is 0 Å². The van der Waals surface area contributed by atoms with E-state index in [2.05, 4.69) is 94.2 Å². The summed E-state index contributed by atoms with van der Waals surface area (Å²) in [6.07, 6.45) is 3.85. The van der Waals surface area contributed by atoms with Crippen LogP contribution >= 0.6 is 0 Å². The Balaban J connectivity index is 2.06. The summed E-state index contributed by atoms with van der Waals surface area (Å²) in [5.41, 5.74) is 9.15. The molecule has 4 aromatic rings. The largest absolute Gasteiger partial charge is 0.320 e. The minimum Gasteiger partial charge on any atom is -0.320 e. The Bertz CT molecular complexity index is 991. The summed E-state index contributed by atoms with van der Waals surface area (Å²) in [7, 11) is 0. The van der Waals surface area contributed by atoms with Gasteiger partial charge in [0.25, 0.3) is 0 Å². The molecule has 28 heavy (non-hydrogen) atoms. The second kappa shape index (κ2) is 7.96.